The van der Waals surface area contributed by atoms with Crippen molar-refractivity contribution in [3.05, 3.63) is 64.7 Å². The molecule has 6 heteroatoms. The second kappa shape index (κ2) is 8.32. The number of amides is 2. The van der Waals surface area contributed by atoms with Gasteiger partial charge in [-0.05, 0) is 36.2 Å². The molecule has 2 aromatic carbocycles. The van der Waals surface area contributed by atoms with Gasteiger partial charge in [0.1, 0.15) is 6.04 Å². The van der Waals surface area contributed by atoms with Crippen molar-refractivity contribution in [1.82, 2.24) is 5.32 Å². The van der Waals surface area contributed by atoms with E-state index in [9.17, 15) is 9.59 Å². The summed E-state index contributed by atoms with van der Waals surface area (Å²) in [6.07, 6.45) is 0. The largest absolute Gasteiger partial charge is 0.340 e. The van der Waals surface area contributed by atoms with Crippen molar-refractivity contribution < 1.29 is 9.59 Å². The zero-order chi connectivity index (χ0) is 18.4. The molecule has 2 N–H and O–H groups in total. The first kappa shape index (κ1) is 18.5. The molecule has 0 bridgehead atoms. The Morgan fingerprint density at radius 2 is 1.84 bits per heavy atom. The standard InChI is InChI=1S/C19H18ClN3O2/c1-12(2)17(23-18(24)15-8-3-4-9-16(15)20)19(25)22-14-7-5-6-13(10-14)11-21/h3-10,12,17H,1-2H3,(H,22,25)(H,23,24)/t17-/m1/s1. The highest BCUT2D eigenvalue weighted by atomic mass is 35.5. The highest BCUT2D eigenvalue weighted by molar-refractivity contribution is 6.33. The fraction of sp³-hybridized carbons (Fsp3) is 0.211. The average Bonchev–Trinajstić information content (AvgIpc) is 2.59. The number of anilines is 1. The van der Waals surface area contributed by atoms with Gasteiger partial charge < -0.3 is 10.6 Å². The molecule has 0 saturated heterocycles. The second-order valence-corrected chi connectivity index (χ2v) is 6.26. The highest BCUT2D eigenvalue weighted by Gasteiger charge is 2.25. The van der Waals surface area contributed by atoms with Crippen LogP contribution in [0.15, 0.2) is 48.5 Å². The lowest BCUT2D eigenvalue weighted by Gasteiger charge is -2.22. The van der Waals surface area contributed by atoms with Crippen LogP contribution in [0.4, 0.5) is 5.69 Å². The molecular weight excluding hydrogens is 338 g/mol. The van der Waals surface area contributed by atoms with E-state index < -0.39 is 11.9 Å². The molecule has 0 unspecified atom stereocenters. The highest BCUT2D eigenvalue weighted by Crippen LogP contribution is 2.16. The molecule has 128 valence electrons. The molecule has 0 aliphatic rings. The first-order chi connectivity index (χ1) is 11.9. The number of hydrogen-bond donors (Lipinski definition) is 2. The van der Waals surface area contributed by atoms with Gasteiger partial charge in [0.05, 0.1) is 22.2 Å². The normalized spacial score (nSPS) is 11.5. The van der Waals surface area contributed by atoms with E-state index in [1.165, 1.54) is 0 Å². The molecule has 25 heavy (non-hydrogen) atoms. The number of carbonyl (C=O) groups excluding carboxylic acids is 2. The summed E-state index contributed by atoms with van der Waals surface area (Å²) in [5.41, 5.74) is 1.26. The third kappa shape index (κ3) is 4.82. The lowest BCUT2D eigenvalue weighted by molar-refractivity contribution is -0.118. The minimum atomic E-state index is -0.741. The minimum Gasteiger partial charge on any atom is -0.340 e. The summed E-state index contributed by atoms with van der Waals surface area (Å²) in [5.74, 6) is -0.902. The van der Waals surface area contributed by atoms with Crippen molar-refractivity contribution in [3.63, 3.8) is 0 Å². The molecule has 5 nitrogen and oxygen atoms in total. The summed E-state index contributed by atoms with van der Waals surface area (Å²) < 4.78 is 0. The van der Waals surface area contributed by atoms with Gasteiger partial charge in [-0.3, -0.25) is 9.59 Å². The van der Waals surface area contributed by atoms with Gasteiger partial charge >= 0.3 is 0 Å². The SMILES string of the molecule is CC(C)[C@@H](NC(=O)c1ccccc1Cl)C(=O)Nc1cccc(C#N)c1. The van der Waals surface area contributed by atoms with Crippen LogP contribution >= 0.6 is 11.6 Å². The van der Waals surface area contributed by atoms with Gasteiger partial charge in [0, 0.05) is 5.69 Å². The van der Waals surface area contributed by atoms with Gasteiger partial charge in [-0.2, -0.15) is 5.26 Å². The molecule has 0 radical (unpaired) electrons. The Balaban J connectivity index is 2.14. The Labute approximate surface area is 151 Å². The molecule has 0 saturated carbocycles. The number of rotatable bonds is 5. The summed E-state index contributed by atoms with van der Waals surface area (Å²) in [5, 5.41) is 14.7. The summed E-state index contributed by atoms with van der Waals surface area (Å²) in [7, 11) is 0. The number of nitrogens with one attached hydrogen (secondary N) is 2. The first-order valence-corrected chi connectivity index (χ1v) is 8.16. The number of nitriles is 1. The minimum absolute atomic E-state index is 0.134. The summed E-state index contributed by atoms with van der Waals surface area (Å²) in [4.78, 5) is 25.0. The van der Waals surface area contributed by atoms with Crippen LogP contribution in [-0.2, 0) is 4.79 Å². The maximum atomic E-state index is 12.6. The van der Waals surface area contributed by atoms with E-state index in [1.54, 1.807) is 48.5 Å². The molecule has 2 amide bonds. The van der Waals surface area contributed by atoms with Crippen LogP contribution < -0.4 is 10.6 Å². The Kier molecular flexibility index (Phi) is 6.15. The predicted octanol–water partition coefficient (Wildman–Crippen LogP) is 3.60. The Bertz CT molecular complexity index is 827. The Hall–Kier alpha value is -2.84. The van der Waals surface area contributed by atoms with Crippen molar-refractivity contribution in [3.8, 4) is 6.07 Å². The van der Waals surface area contributed by atoms with Crippen LogP contribution in [0.25, 0.3) is 0 Å². The van der Waals surface area contributed by atoms with Gasteiger partial charge in [-0.25, -0.2) is 0 Å². The monoisotopic (exact) mass is 355 g/mol. The summed E-state index contributed by atoms with van der Waals surface area (Å²) in [6, 6.07) is 14.5. The van der Waals surface area contributed by atoms with E-state index in [2.05, 4.69) is 10.6 Å². The third-order valence-corrected chi connectivity index (χ3v) is 3.94. The van der Waals surface area contributed by atoms with Crippen molar-refractivity contribution in [2.75, 3.05) is 5.32 Å². The number of halogens is 1. The van der Waals surface area contributed by atoms with Gasteiger partial charge in [-0.15, -0.1) is 0 Å². The Morgan fingerprint density at radius 3 is 2.48 bits per heavy atom. The van der Waals surface area contributed by atoms with Crippen LogP contribution in [0.1, 0.15) is 29.8 Å². The van der Waals surface area contributed by atoms with E-state index >= 15 is 0 Å². The molecular formula is C19H18ClN3O2. The number of hydrogen-bond acceptors (Lipinski definition) is 3. The van der Waals surface area contributed by atoms with E-state index in [0.717, 1.165) is 0 Å². The van der Waals surface area contributed by atoms with Crippen LogP contribution in [0.3, 0.4) is 0 Å². The van der Waals surface area contributed by atoms with Crippen LogP contribution in [-0.4, -0.2) is 17.9 Å². The quantitative estimate of drug-likeness (QED) is 0.859. The molecule has 0 aromatic heterocycles. The second-order valence-electron chi connectivity index (χ2n) is 5.86. The molecule has 0 fully saturated rings. The van der Waals surface area contributed by atoms with Crippen LogP contribution in [0.2, 0.25) is 5.02 Å². The van der Waals surface area contributed by atoms with Crippen LogP contribution in [0.5, 0.6) is 0 Å². The van der Waals surface area contributed by atoms with Crippen LogP contribution in [0, 0.1) is 17.2 Å². The molecule has 2 rings (SSSR count). The van der Waals surface area contributed by atoms with Gasteiger partial charge in [0.2, 0.25) is 5.91 Å². The van der Waals surface area contributed by atoms with E-state index in [4.69, 9.17) is 16.9 Å². The maximum absolute atomic E-state index is 12.6. The molecule has 0 aliphatic heterocycles. The number of nitrogens with zero attached hydrogens (tertiary/aromatic N) is 1. The van der Waals surface area contributed by atoms with Crippen molar-refractivity contribution in [2.24, 2.45) is 5.92 Å². The smallest absolute Gasteiger partial charge is 0.253 e. The topological polar surface area (TPSA) is 82.0 Å². The predicted molar refractivity (Wildman–Crippen MR) is 97.3 cm³/mol. The average molecular weight is 356 g/mol. The molecule has 0 spiro atoms. The Morgan fingerprint density at radius 1 is 1.12 bits per heavy atom. The van der Waals surface area contributed by atoms with Gasteiger partial charge in [0.25, 0.3) is 5.91 Å². The lowest BCUT2D eigenvalue weighted by atomic mass is 10.0. The van der Waals surface area contributed by atoms with Crippen molar-refractivity contribution in [2.45, 2.75) is 19.9 Å². The molecule has 0 heterocycles. The zero-order valence-electron chi connectivity index (χ0n) is 13.9. The zero-order valence-corrected chi connectivity index (χ0v) is 14.7. The maximum Gasteiger partial charge on any atom is 0.253 e. The third-order valence-electron chi connectivity index (χ3n) is 3.61. The number of benzene rings is 2. The van der Waals surface area contributed by atoms with Gasteiger partial charge in [0.15, 0.2) is 0 Å². The van der Waals surface area contributed by atoms with E-state index in [1.807, 2.05) is 19.9 Å². The van der Waals surface area contributed by atoms with Crippen molar-refractivity contribution in [1.29, 1.82) is 5.26 Å². The fourth-order valence-corrected chi connectivity index (χ4v) is 2.51. The molecule has 0 aliphatic carbocycles. The fourth-order valence-electron chi connectivity index (χ4n) is 2.29. The molecule has 1 atom stereocenters. The lowest BCUT2D eigenvalue weighted by Crippen LogP contribution is -2.47. The summed E-state index contributed by atoms with van der Waals surface area (Å²) >= 11 is 6.03. The summed E-state index contributed by atoms with van der Waals surface area (Å²) in [6.45, 7) is 3.67. The van der Waals surface area contributed by atoms with E-state index in [0.29, 0.717) is 21.8 Å². The first-order valence-electron chi connectivity index (χ1n) is 7.78. The van der Waals surface area contributed by atoms with Crippen molar-refractivity contribution >= 4 is 29.1 Å². The van der Waals surface area contributed by atoms with Gasteiger partial charge in [-0.1, -0.05) is 43.6 Å². The molecule has 2 aromatic rings. The van der Waals surface area contributed by atoms with E-state index in [-0.39, 0.29) is 11.8 Å². The number of carbonyl (C=O) groups is 2.